The fourth-order valence-corrected chi connectivity index (χ4v) is 4.70. The highest BCUT2D eigenvalue weighted by molar-refractivity contribution is 7.15. The van der Waals surface area contributed by atoms with Crippen LogP contribution in [0.5, 0.6) is 0 Å². The molecule has 1 aromatic heterocycles. The van der Waals surface area contributed by atoms with E-state index in [0.29, 0.717) is 11.3 Å². The summed E-state index contributed by atoms with van der Waals surface area (Å²) in [6, 6.07) is 26.7. The molecule has 5 rings (SSSR count). The topological polar surface area (TPSA) is 64.6 Å². The monoisotopic (exact) mass is 439 g/mol. The quantitative estimate of drug-likeness (QED) is 0.326. The van der Waals surface area contributed by atoms with Crippen LogP contribution in [0.25, 0.3) is 16.7 Å². The molecule has 158 valence electrons. The Balaban J connectivity index is 1.60. The third kappa shape index (κ3) is 3.61. The van der Waals surface area contributed by atoms with Crippen LogP contribution in [0.4, 0.5) is 15.5 Å². The zero-order valence-corrected chi connectivity index (χ0v) is 18.2. The summed E-state index contributed by atoms with van der Waals surface area (Å²) in [6.07, 6.45) is 0. The molecule has 2 heterocycles. The molecule has 3 aromatic carbocycles. The molecule has 0 radical (unpaired) electrons. The summed E-state index contributed by atoms with van der Waals surface area (Å²) in [5.74, 6) is -0.149. The fraction of sp³-hybridized carbons (Fsp3) is 0.0385. The molecule has 1 aliphatic rings. The van der Waals surface area contributed by atoms with Crippen LogP contribution >= 0.6 is 11.3 Å². The molecule has 0 saturated heterocycles. The van der Waals surface area contributed by atoms with Gasteiger partial charge >= 0.3 is 6.03 Å². The molecular formula is C26H21N3O2S. The number of hydrogen-bond acceptors (Lipinski definition) is 4. The summed E-state index contributed by atoms with van der Waals surface area (Å²) >= 11 is 1.50. The summed E-state index contributed by atoms with van der Waals surface area (Å²) < 4.78 is 0. The van der Waals surface area contributed by atoms with Crippen LogP contribution in [0.15, 0.2) is 96.2 Å². The Morgan fingerprint density at radius 1 is 0.906 bits per heavy atom. The highest BCUT2D eigenvalue weighted by atomic mass is 32.1. The van der Waals surface area contributed by atoms with Crippen molar-refractivity contribution in [3.8, 4) is 11.1 Å². The highest BCUT2D eigenvalue weighted by Crippen LogP contribution is 2.46. The van der Waals surface area contributed by atoms with Gasteiger partial charge in [-0.15, -0.1) is 11.3 Å². The lowest BCUT2D eigenvalue weighted by molar-refractivity contribution is 0.205. The van der Waals surface area contributed by atoms with E-state index in [1.165, 1.54) is 11.3 Å². The number of fused-ring (bicyclic) bond motifs is 1. The van der Waals surface area contributed by atoms with E-state index in [-0.39, 0.29) is 5.88 Å². The number of benzene rings is 3. The minimum atomic E-state index is -0.472. The minimum absolute atomic E-state index is 0.149. The number of carbonyl (C=O) groups is 1. The molecule has 0 saturated carbocycles. The van der Waals surface area contributed by atoms with Gasteiger partial charge in [0.2, 0.25) is 5.88 Å². The van der Waals surface area contributed by atoms with Gasteiger partial charge in [-0.1, -0.05) is 78.4 Å². The van der Waals surface area contributed by atoms with Crippen LogP contribution < -0.4 is 10.7 Å². The average Bonchev–Trinajstić information content (AvgIpc) is 3.25. The van der Waals surface area contributed by atoms with Crippen molar-refractivity contribution in [2.24, 2.45) is 0 Å². The molecule has 0 spiro atoms. The van der Waals surface area contributed by atoms with E-state index < -0.39 is 6.03 Å². The second kappa shape index (κ2) is 8.24. The number of nitrogens with zero attached hydrogens (tertiary/aromatic N) is 1. The second-order valence-electron chi connectivity index (χ2n) is 7.53. The van der Waals surface area contributed by atoms with Crippen molar-refractivity contribution >= 4 is 33.6 Å². The molecule has 0 atom stereocenters. The van der Waals surface area contributed by atoms with Crippen molar-refractivity contribution in [3.63, 3.8) is 0 Å². The lowest BCUT2D eigenvalue weighted by Gasteiger charge is -2.30. The molecule has 32 heavy (non-hydrogen) atoms. The number of nitrogens with one attached hydrogen (secondary N) is 2. The molecule has 1 aliphatic heterocycles. The van der Waals surface area contributed by atoms with Crippen LogP contribution in [0.1, 0.15) is 16.7 Å². The Morgan fingerprint density at radius 3 is 2.19 bits per heavy atom. The number of aliphatic hydroxyl groups excluding tert-OH is 1. The lowest BCUT2D eigenvalue weighted by atomic mass is 9.92. The number of rotatable bonds is 3. The average molecular weight is 440 g/mol. The lowest BCUT2D eigenvalue weighted by Crippen LogP contribution is -2.41. The Hall–Kier alpha value is -4.03. The number of anilines is 2. The molecule has 4 aromatic rings. The number of amides is 2. The van der Waals surface area contributed by atoms with Gasteiger partial charge < -0.3 is 10.4 Å². The van der Waals surface area contributed by atoms with Crippen molar-refractivity contribution in [1.82, 2.24) is 5.01 Å². The SMILES string of the molecule is Cc1ccc(NC(=O)N2Nc3scc(-c4ccccc4)c3C(c3ccccc3)=C2O)cc1. The largest absolute Gasteiger partial charge is 0.493 e. The molecule has 0 aliphatic carbocycles. The number of aliphatic hydroxyl groups is 1. The minimum Gasteiger partial charge on any atom is -0.493 e. The van der Waals surface area contributed by atoms with Crippen LogP contribution in [-0.2, 0) is 0 Å². The van der Waals surface area contributed by atoms with Crippen molar-refractivity contribution in [3.05, 3.63) is 113 Å². The molecule has 6 heteroatoms. The Bertz CT molecular complexity index is 1300. The van der Waals surface area contributed by atoms with E-state index in [1.807, 2.05) is 97.2 Å². The van der Waals surface area contributed by atoms with Crippen LogP contribution in [-0.4, -0.2) is 16.1 Å². The number of thiophene rings is 1. The van der Waals surface area contributed by atoms with E-state index >= 15 is 0 Å². The zero-order valence-electron chi connectivity index (χ0n) is 17.4. The number of hydrazine groups is 1. The Labute approximate surface area is 190 Å². The first-order valence-electron chi connectivity index (χ1n) is 10.2. The molecular weight excluding hydrogens is 418 g/mol. The third-order valence-corrected chi connectivity index (χ3v) is 6.23. The molecule has 5 nitrogen and oxygen atoms in total. The number of carbonyl (C=O) groups excluding carboxylic acids is 1. The second-order valence-corrected chi connectivity index (χ2v) is 8.41. The van der Waals surface area contributed by atoms with Gasteiger partial charge in [0.1, 0.15) is 5.00 Å². The molecule has 0 fully saturated rings. The van der Waals surface area contributed by atoms with E-state index in [2.05, 4.69) is 10.7 Å². The van der Waals surface area contributed by atoms with Gasteiger partial charge in [0.05, 0.1) is 5.57 Å². The number of hydrogen-bond donors (Lipinski definition) is 3. The first-order valence-corrected chi connectivity index (χ1v) is 11.1. The van der Waals surface area contributed by atoms with Gasteiger partial charge in [0.25, 0.3) is 0 Å². The van der Waals surface area contributed by atoms with Gasteiger partial charge in [0, 0.05) is 22.2 Å². The van der Waals surface area contributed by atoms with Crippen molar-refractivity contribution in [2.75, 3.05) is 10.7 Å². The molecule has 0 unspecified atom stereocenters. The molecule has 0 bridgehead atoms. The van der Waals surface area contributed by atoms with Crippen molar-refractivity contribution in [1.29, 1.82) is 0 Å². The fourth-order valence-electron chi connectivity index (χ4n) is 3.74. The Kier molecular flexibility index (Phi) is 5.13. The maximum absolute atomic E-state index is 13.1. The van der Waals surface area contributed by atoms with E-state index in [4.69, 9.17) is 0 Å². The van der Waals surface area contributed by atoms with Crippen LogP contribution in [0.3, 0.4) is 0 Å². The first kappa shape index (κ1) is 19.9. The van der Waals surface area contributed by atoms with Crippen LogP contribution in [0, 0.1) is 6.92 Å². The standard InChI is InChI=1S/C26H21N3O2S/c1-17-12-14-20(15-13-17)27-26(31)29-25(30)22(19-10-6-3-7-11-19)23-21(16-32-24(23)28-29)18-8-4-2-5-9-18/h2-16,28,30H,1H3,(H,27,31). The summed E-state index contributed by atoms with van der Waals surface area (Å²) in [7, 11) is 0. The number of aryl methyl sites for hydroxylation is 1. The maximum atomic E-state index is 13.1. The summed E-state index contributed by atoms with van der Waals surface area (Å²) in [6.45, 7) is 1.99. The smallest absolute Gasteiger partial charge is 0.347 e. The number of urea groups is 1. The van der Waals surface area contributed by atoms with E-state index in [9.17, 15) is 9.90 Å². The molecule has 2 amide bonds. The summed E-state index contributed by atoms with van der Waals surface area (Å²) in [5.41, 5.74) is 9.22. The van der Waals surface area contributed by atoms with Gasteiger partial charge in [0.15, 0.2) is 0 Å². The highest BCUT2D eigenvalue weighted by Gasteiger charge is 2.33. The Morgan fingerprint density at radius 2 is 1.53 bits per heavy atom. The normalized spacial score (nSPS) is 12.8. The first-order chi connectivity index (χ1) is 15.6. The van der Waals surface area contributed by atoms with Gasteiger partial charge in [-0.25, -0.2) is 4.79 Å². The van der Waals surface area contributed by atoms with Gasteiger partial charge in [-0.2, -0.15) is 5.01 Å². The van der Waals surface area contributed by atoms with E-state index in [0.717, 1.165) is 37.8 Å². The van der Waals surface area contributed by atoms with Gasteiger partial charge in [-0.3, -0.25) is 5.43 Å². The summed E-state index contributed by atoms with van der Waals surface area (Å²) in [4.78, 5) is 13.1. The van der Waals surface area contributed by atoms with Crippen molar-refractivity contribution in [2.45, 2.75) is 6.92 Å². The predicted molar refractivity (Wildman–Crippen MR) is 131 cm³/mol. The van der Waals surface area contributed by atoms with Crippen LogP contribution in [0.2, 0.25) is 0 Å². The molecule has 3 N–H and O–H groups in total. The van der Waals surface area contributed by atoms with E-state index in [1.54, 1.807) is 0 Å². The zero-order chi connectivity index (χ0) is 22.1. The summed E-state index contributed by atoms with van der Waals surface area (Å²) in [5, 5.41) is 18.1. The predicted octanol–water partition coefficient (Wildman–Crippen LogP) is 6.87. The van der Waals surface area contributed by atoms with Crippen molar-refractivity contribution < 1.29 is 9.90 Å². The third-order valence-electron chi connectivity index (χ3n) is 5.34. The maximum Gasteiger partial charge on any atom is 0.347 e. The van der Waals surface area contributed by atoms with Gasteiger partial charge in [-0.05, 0) is 30.2 Å².